The number of allylic oxidation sites excluding steroid dienone is 1. The third-order valence-corrected chi connectivity index (χ3v) is 3.14. The molecule has 86 valence electrons. The number of hydrogen-bond acceptors (Lipinski definition) is 4. The van der Waals surface area contributed by atoms with Crippen molar-refractivity contribution >= 4 is 0 Å². The average molecular weight is 210 g/mol. The Morgan fingerprint density at radius 2 is 2.20 bits per heavy atom. The van der Waals surface area contributed by atoms with Gasteiger partial charge in [0.05, 0.1) is 6.54 Å². The molecule has 4 heteroatoms. The molecule has 0 aliphatic carbocycles. The van der Waals surface area contributed by atoms with E-state index in [4.69, 9.17) is 5.73 Å². The summed E-state index contributed by atoms with van der Waals surface area (Å²) in [6.07, 6.45) is 6.12. The van der Waals surface area contributed by atoms with Crippen LogP contribution in [0.3, 0.4) is 0 Å². The second-order valence-corrected chi connectivity index (χ2v) is 4.29. The molecule has 4 nitrogen and oxygen atoms in total. The van der Waals surface area contributed by atoms with Gasteiger partial charge in [-0.2, -0.15) is 0 Å². The molecule has 0 aromatic carbocycles. The highest BCUT2D eigenvalue weighted by atomic mass is 15.5. The minimum atomic E-state index is 0.822. The van der Waals surface area contributed by atoms with Crippen LogP contribution in [-0.2, 0) is 0 Å². The van der Waals surface area contributed by atoms with Crippen LogP contribution in [0.15, 0.2) is 11.4 Å². The average Bonchev–Trinajstić information content (AvgIpc) is 2.68. The Morgan fingerprint density at radius 3 is 3.07 bits per heavy atom. The van der Waals surface area contributed by atoms with Gasteiger partial charge >= 0.3 is 0 Å². The minimum Gasteiger partial charge on any atom is -0.386 e. The Balaban J connectivity index is 1.76. The SMILES string of the molecule is NCCCCCN1NCC2=C1CCCN2. The number of hydrogen-bond donors (Lipinski definition) is 3. The molecule has 2 rings (SSSR count). The maximum Gasteiger partial charge on any atom is 0.0566 e. The largest absolute Gasteiger partial charge is 0.386 e. The van der Waals surface area contributed by atoms with Gasteiger partial charge in [-0.3, -0.25) is 0 Å². The Morgan fingerprint density at radius 1 is 1.27 bits per heavy atom. The van der Waals surface area contributed by atoms with E-state index in [-0.39, 0.29) is 0 Å². The second-order valence-electron chi connectivity index (χ2n) is 4.29. The molecule has 0 saturated carbocycles. The number of nitrogens with one attached hydrogen (secondary N) is 2. The van der Waals surface area contributed by atoms with Gasteiger partial charge in [0.2, 0.25) is 0 Å². The fourth-order valence-electron chi connectivity index (χ4n) is 2.29. The van der Waals surface area contributed by atoms with Crippen molar-refractivity contribution in [3.63, 3.8) is 0 Å². The van der Waals surface area contributed by atoms with E-state index in [1.807, 2.05) is 0 Å². The van der Waals surface area contributed by atoms with Crippen LogP contribution >= 0.6 is 0 Å². The van der Waals surface area contributed by atoms with Crippen molar-refractivity contribution < 1.29 is 0 Å². The first kappa shape index (κ1) is 10.8. The van der Waals surface area contributed by atoms with E-state index in [2.05, 4.69) is 15.8 Å². The first-order valence-electron chi connectivity index (χ1n) is 6.09. The molecule has 15 heavy (non-hydrogen) atoms. The summed E-state index contributed by atoms with van der Waals surface area (Å²) in [7, 11) is 0. The number of hydrazine groups is 1. The summed E-state index contributed by atoms with van der Waals surface area (Å²) in [6.45, 7) is 4.08. The van der Waals surface area contributed by atoms with Crippen LogP contribution in [0, 0.1) is 0 Å². The lowest BCUT2D eigenvalue weighted by molar-refractivity contribution is 0.265. The van der Waals surface area contributed by atoms with Crippen LogP contribution in [0.5, 0.6) is 0 Å². The minimum absolute atomic E-state index is 0.822. The molecule has 0 fully saturated rings. The molecule has 2 aliphatic rings. The first-order valence-corrected chi connectivity index (χ1v) is 6.09. The van der Waals surface area contributed by atoms with Crippen molar-refractivity contribution in [2.24, 2.45) is 5.73 Å². The lowest BCUT2D eigenvalue weighted by Gasteiger charge is -2.24. The van der Waals surface area contributed by atoms with Crippen LogP contribution < -0.4 is 16.5 Å². The van der Waals surface area contributed by atoms with Crippen LogP contribution in [0.4, 0.5) is 0 Å². The summed E-state index contributed by atoms with van der Waals surface area (Å²) >= 11 is 0. The molecule has 2 aliphatic heterocycles. The molecular formula is C11H22N4. The van der Waals surface area contributed by atoms with Gasteiger partial charge in [-0.25, -0.2) is 5.43 Å². The normalized spacial score (nSPS) is 20.5. The molecule has 0 atom stereocenters. The third-order valence-electron chi connectivity index (χ3n) is 3.14. The predicted molar refractivity (Wildman–Crippen MR) is 61.9 cm³/mol. The van der Waals surface area contributed by atoms with Crippen LogP contribution in [-0.4, -0.2) is 31.2 Å². The highest BCUT2D eigenvalue weighted by molar-refractivity contribution is 5.19. The lowest BCUT2D eigenvalue weighted by Crippen LogP contribution is -2.32. The molecule has 0 aromatic rings. The molecule has 0 amide bonds. The van der Waals surface area contributed by atoms with E-state index >= 15 is 0 Å². The zero-order valence-electron chi connectivity index (χ0n) is 9.39. The fourth-order valence-corrected chi connectivity index (χ4v) is 2.29. The van der Waals surface area contributed by atoms with Crippen molar-refractivity contribution in [2.75, 3.05) is 26.2 Å². The second kappa shape index (κ2) is 5.37. The highest BCUT2D eigenvalue weighted by Crippen LogP contribution is 2.22. The summed E-state index contributed by atoms with van der Waals surface area (Å²) in [5, 5.41) is 5.80. The van der Waals surface area contributed by atoms with E-state index in [0.717, 1.165) is 32.6 Å². The van der Waals surface area contributed by atoms with Gasteiger partial charge in [0.15, 0.2) is 0 Å². The van der Waals surface area contributed by atoms with Crippen LogP contribution in [0.1, 0.15) is 32.1 Å². The molecule has 0 saturated heterocycles. The van der Waals surface area contributed by atoms with Crippen molar-refractivity contribution in [1.82, 2.24) is 15.8 Å². The molecule has 0 unspecified atom stereocenters. The van der Waals surface area contributed by atoms with Crippen molar-refractivity contribution in [1.29, 1.82) is 0 Å². The monoisotopic (exact) mass is 210 g/mol. The molecule has 2 heterocycles. The van der Waals surface area contributed by atoms with E-state index in [9.17, 15) is 0 Å². The number of unbranched alkanes of at least 4 members (excludes halogenated alkanes) is 2. The maximum atomic E-state index is 5.48. The van der Waals surface area contributed by atoms with Gasteiger partial charge in [-0.15, -0.1) is 0 Å². The van der Waals surface area contributed by atoms with Gasteiger partial charge in [0, 0.05) is 24.5 Å². The molecule has 0 bridgehead atoms. The smallest absolute Gasteiger partial charge is 0.0566 e. The van der Waals surface area contributed by atoms with Crippen molar-refractivity contribution in [2.45, 2.75) is 32.1 Å². The fraction of sp³-hybridized carbons (Fsp3) is 0.818. The molecule has 0 spiro atoms. The Labute approximate surface area is 91.9 Å². The Hall–Kier alpha value is -0.740. The van der Waals surface area contributed by atoms with Crippen molar-refractivity contribution in [3.8, 4) is 0 Å². The quantitative estimate of drug-likeness (QED) is 0.579. The summed E-state index contributed by atoms with van der Waals surface area (Å²) < 4.78 is 0. The number of nitrogens with two attached hydrogens (primary N) is 1. The summed E-state index contributed by atoms with van der Waals surface area (Å²) in [5.74, 6) is 0. The zero-order valence-corrected chi connectivity index (χ0v) is 9.39. The van der Waals surface area contributed by atoms with E-state index < -0.39 is 0 Å². The number of nitrogens with zero attached hydrogens (tertiary/aromatic N) is 1. The Bertz CT molecular complexity index is 237. The van der Waals surface area contributed by atoms with Gasteiger partial charge in [0.25, 0.3) is 0 Å². The zero-order chi connectivity index (χ0) is 10.5. The highest BCUT2D eigenvalue weighted by Gasteiger charge is 2.23. The van der Waals surface area contributed by atoms with E-state index in [1.54, 1.807) is 0 Å². The standard InChI is InChI=1S/C11H22N4/c12-6-2-1-3-8-15-11-5-4-7-13-10(11)9-14-15/h13-14H,1-9,12H2. The van der Waals surface area contributed by atoms with Crippen LogP contribution in [0.2, 0.25) is 0 Å². The third kappa shape index (κ3) is 2.63. The topological polar surface area (TPSA) is 53.3 Å². The predicted octanol–water partition coefficient (Wildman–Crippen LogP) is 0.531. The summed E-state index contributed by atoms with van der Waals surface area (Å²) in [4.78, 5) is 0. The molecule has 0 radical (unpaired) electrons. The van der Waals surface area contributed by atoms with E-state index in [1.165, 1.54) is 37.1 Å². The molecular weight excluding hydrogens is 188 g/mol. The van der Waals surface area contributed by atoms with Crippen molar-refractivity contribution in [3.05, 3.63) is 11.4 Å². The first-order chi connectivity index (χ1) is 7.42. The van der Waals surface area contributed by atoms with E-state index in [0.29, 0.717) is 0 Å². The Kier molecular flexibility index (Phi) is 3.86. The molecule has 0 aromatic heterocycles. The van der Waals surface area contributed by atoms with Gasteiger partial charge in [0.1, 0.15) is 0 Å². The molecule has 4 N–H and O–H groups in total. The summed E-state index contributed by atoms with van der Waals surface area (Å²) in [5.41, 5.74) is 11.8. The number of rotatable bonds is 5. The van der Waals surface area contributed by atoms with Gasteiger partial charge in [-0.1, -0.05) is 6.42 Å². The van der Waals surface area contributed by atoms with Crippen LogP contribution in [0.25, 0.3) is 0 Å². The van der Waals surface area contributed by atoms with Gasteiger partial charge < -0.3 is 16.1 Å². The summed E-state index contributed by atoms with van der Waals surface area (Å²) in [6, 6.07) is 0. The maximum absolute atomic E-state index is 5.48. The lowest BCUT2D eigenvalue weighted by atomic mass is 10.1. The van der Waals surface area contributed by atoms with Gasteiger partial charge in [-0.05, 0) is 32.2 Å².